The van der Waals surface area contributed by atoms with Gasteiger partial charge in [0.05, 0.1) is 11.7 Å². The minimum absolute atomic E-state index is 0.105. The summed E-state index contributed by atoms with van der Waals surface area (Å²) in [6.07, 6.45) is 1.81. The average Bonchev–Trinajstić information content (AvgIpc) is 2.41. The van der Waals surface area contributed by atoms with Crippen molar-refractivity contribution in [2.24, 2.45) is 5.73 Å². The lowest BCUT2D eigenvalue weighted by Crippen LogP contribution is -2.31. The number of pyridine rings is 1. The standard InChI is InChI=1S/C15H19N3/c1-12-6-8-13(9-7-12)18(2)15(11-16)14-5-3-4-10-17-14/h3-10,15H,11,16H2,1-2H3. The summed E-state index contributed by atoms with van der Waals surface area (Å²) in [5.41, 5.74) is 9.31. The Balaban J connectivity index is 2.25. The molecule has 0 amide bonds. The molecule has 1 heterocycles. The van der Waals surface area contributed by atoms with Crippen molar-refractivity contribution in [3.63, 3.8) is 0 Å². The van der Waals surface area contributed by atoms with Crippen molar-refractivity contribution in [2.75, 3.05) is 18.5 Å². The molecular formula is C15H19N3. The van der Waals surface area contributed by atoms with E-state index in [2.05, 4.69) is 48.1 Å². The Morgan fingerprint density at radius 3 is 2.44 bits per heavy atom. The van der Waals surface area contributed by atoms with Crippen molar-refractivity contribution >= 4 is 5.69 Å². The van der Waals surface area contributed by atoms with Crippen LogP contribution in [0.25, 0.3) is 0 Å². The molecule has 0 aliphatic rings. The summed E-state index contributed by atoms with van der Waals surface area (Å²) < 4.78 is 0. The molecule has 1 unspecified atom stereocenters. The van der Waals surface area contributed by atoms with Crippen LogP contribution < -0.4 is 10.6 Å². The number of nitrogens with two attached hydrogens (primary N) is 1. The maximum atomic E-state index is 5.89. The Kier molecular flexibility index (Phi) is 3.95. The number of nitrogens with zero attached hydrogens (tertiary/aromatic N) is 2. The highest BCUT2D eigenvalue weighted by atomic mass is 15.2. The molecule has 0 aliphatic carbocycles. The molecule has 0 saturated carbocycles. The topological polar surface area (TPSA) is 42.1 Å². The maximum Gasteiger partial charge on any atom is 0.0832 e. The predicted molar refractivity (Wildman–Crippen MR) is 75.6 cm³/mol. The third-order valence-electron chi connectivity index (χ3n) is 3.16. The van der Waals surface area contributed by atoms with Crippen LogP contribution in [0.3, 0.4) is 0 Å². The first-order chi connectivity index (χ1) is 8.72. The first-order valence-electron chi connectivity index (χ1n) is 6.13. The molecule has 1 aromatic carbocycles. The van der Waals surface area contributed by atoms with Gasteiger partial charge in [0.1, 0.15) is 0 Å². The Morgan fingerprint density at radius 1 is 1.17 bits per heavy atom. The molecule has 1 aromatic heterocycles. The second-order valence-electron chi connectivity index (χ2n) is 4.45. The number of rotatable bonds is 4. The van der Waals surface area contributed by atoms with E-state index >= 15 is 0 Å². The number of hydrogen-bond donors (Lipinski definition) is 1. The minimum atomic E-state index is 0.105. The number of aromatic nitrogens is 1. The van der Waals surface area contributed by atoms with E-state index in [1.807, 2.05) is 18.2 Å². The normalized spacial score (nSPS) is 12.2. The van der Waals surface area contributed by atoms with Crippen molar-refractivity contribution < 1.29 is 0 Å². The van der Waals surface area contributed by atoms with Crippen molar-refractivity contribution in [3.05, 3.63) is 59.9 Å². The minimum Gasteiger partial charge on any atom is -0.365 e. The monoisotopic (exact) mass is 241 g/mol. The fourth-order valence-corrected chi connectivity index (χ4v) is 2.01. The molecule has 2 aromatic rings. The fourth-order valence-electron chi connectivity index (χ4n) is 2.01. The van der Waals surface area contributed by atoms with Crippen LogP contribution in [0.2, 0.25) is 0 Å². The van der Waals surface area contributed by atoms with E-state index in [0.717, 1.165) is 11.4 Å². The molecule has 3 heteroatoms. The van der Waals surface area contributed by atoms with Crippen molar-refractivity contribution in [1.82, 2.24) is 4.98 Å². The molecule has 94 valence electrons. The van der Waals surface area contributed by atoms with Gasteiger partial charge in [-0.15, -0.1) is 0 Å². The molecule has 0 radical (unpaired) electrons. The first kappa shape index (κ1) is 12.6. The lowest BCUT2D eigenvalue weighted by Gasteiger charge is -2.28. The highest BCUT2D eigenvalue weighted by Gasteiger charge is 2.16. The van der Waals surface area contributed by atoms with E-state index in [9.17, 15) is 0 Å². The van der Waals surface area contributed by atoms with E-state index in [4.69, 9.17) is 5.73 Å². The third kappa shape index (κ3) is 2.68. The molecule has 0 fully saturated rings. The Hall–Kier alpha value is -1.87. The van der Waals surface area contributed by atoms with Crippen LogP contribution in [0.4, 0.5) is 5.69 Å². The molecule has 18 heavy (non-hydrogen) atoms. The number of anilines is 1. The maximum absolute atomic E-state index is 5.89. The largest absolute Gasteiger partial charge is 0.365 e. The van der Waals surface area contributed by atoms with Crippen LogP contribution in [0.5, 0.6) is 0 Å². The number of benzene rings is 1. The van der Waals surface area contributed by atoms with Crippen LogP contribution >= 0.6 is 0 Å². The summed E-state index contributed by atoms with van der Waals surface area (Å²) in [5.74, 6) is 0. The van der Waals surface area contributed by atoms with Gasteiger partial charge in [0.2, 0.25) is 0 Å². The zero-order valence-electron chi connectivity index (χ0n) is 10.9. The summed E-state index contributed by atoms with van der Waals surface area (Å²) in [4.78, 5) is 6.56. The molecule has 3 nitrogen and oxygen atoms in total. The van der Waals surface area contributed by atoms with Gasteiger partial charge in [-0.2, -0.15) is 0 Å². The van der Waals surface area contributed by atoms with Gasteiger partial charge in [0, 0.05) is 25.5 Å². The zero-order valence-corrected chi connectivity index (χ0v) is 10.9. The molecule has 0 spiro atoms. The summed E-state index contributed by atoms with van der Waals surface area (Å²) >= 11 is 0. The summed E-state index contributed by atoms with van der Waals surface area (Å²) in [5, 5.41) is 0. The van der Waals surface area contributed by atoms with Crippen molar-refractivity contribution in [1.29, 1.82) is 0 Å². The van der Waals surface area contributed by atoms with Gasteiger partial charge in [-0.3, -0.25) is 4.98 Å². The summed E-state index contributed by atoms with van der Waals surface area (Å²) in [6.45, 7) is 2.63. The highest BCUT2D eigenvalue weighted by molar-refractivity contribution is 5.48. The quantitative estimate of drug-likeness (QED) is 0.894. The van der Waals surface area contributed by atoms with Crippen molar-refractivity contribution in [3.8, 4) is 0 Å². The van der Waals surface area contributed by atoms with E-state index in [1.54, 1.807) is 6.20 Å². The predicted octanol–water partition coefficient (Wildman–Crippen LogP) is 2.53. The third-order valence-corrected chi connectivity index (χ3v) is 3.16. The van der Waals surface area contributed by atoms with Crippen LogP contribution in [0.15, 0.2) is 48.7 Å². The molecule has 0 bridgehead atoms. The second-order valence-corrected chi connectivity index (χ2v) is 4.45. The number of likely N-dealkylation sites (N-methyl/N-ethyl adjacent to an activating group) is 1. The van der Waals surface area contributed by atoms with Gasteiger partial charge in [0.15, 0.2) is 0 Å². The highest BCUT2D eigenvalue weighted by Crippen LogP contribution is 2.23. The average molecular weight is 241 g/mol. The van der Waals surface area contributed by atoms with E-state index < -0.39 is 0 Å². The lowest BCUT2D eigenvalue weighted by molar-refractivity contribution is 0.660. The molecule has 1 atom stereocenters. The van der Waals surface area contributed by atoms with Crippen molar-refractivity contribution in [2.45, 2.75) is 13.0 Å². The smallest absolute Gasteiger partial charge is 0.0832 e. The van der Waals surface area contributed by atoms with Gasteiger partial charge < -0.3 is 10.6 Å². The van der Waals surface area contributed by atoms with Crippen LogP contribution in [0.1, 0.15) is 17.3 Å². The van der Waals surface area contributed by atoms with Crippen LogP contribution in [0, 0.1) is 6.92 Å². The summed E-state index contributed by atoms with van der Waals surface area (Å²) in [7, 11) is 2.05. The van der Waals surface area contributed by atoms with E-state index in [0.29, 0.717) is 6.54 Å². The molecular weight excluding hydrogens is 222 g/mol. The summed E-state index contributed by atoms with van der Waals surface area (Å²) in [6, 6.07) is 14.5. The van der Waals surface area contributed by atoms with E-state index in [1.165, 1.54) is 5.56 Å². The Bertz CT molecular complexity index is 479. The first-order valence-corrected chi connectivity index (χ1v) is 6.13. The molecule has 2 rings (SSSR count). The van der Waals surface area contributed by atoms with Gasteiger partial charge in [-0.1, -0.05) is 23.8 Å². The zero-order chi connectivity index (χ0) is 13.0. The number of aryl methyl sites for hydroxylation is 1. The van der Waals surface area contributed by atoms with Crippen LogP contribution in [-0.4, -0.2) is 18.6 Å². The Labute approximate surface area is 108 Å². The van der Waals surface area contributed by atoms with Gasteiger partial charge in [-0.05, 0) is 31.2 Å². The van der Waals surface area contributed by atoms with Gasteiger partial charge in [0.25, 0.3) is 0 Å². The van der Waals surface area contributed by atoms with E-state index in [-0.39, 0.29) is 6.04 Å². The van der Waals surface area contributed by atoms with Gasteiger partial charge >= 0.3 is 0 Å². The number of hydrogen-bond acceptors (Lipinski definition) is 3. The molecule has 2 N–H and O–H groups in total. The Morgan fingerprint density at radius 2 is 1.89 bits per heavy atom. The molecule has 0 aliphatic heterocycles. The van der Waals surface area contributed by atoms with Gasteiger partial charge in [-0.25, -0.2) is 0 Å². The lowest BCUT2D eigenvalue weighted by atomic mass is 10.1. The van der Waals surface area contributed by atoms with Crippen LogP contribution in [-0.2, 0) is 0 Å². The molecule has 0 saturated heterocycles. The fraction of sp³-hybridized carbons (Fsp3) is 0.267. The second kappa shape index (κ2) is 5.65. The SMILES string of the molecule is Cc1ccc(N(C)C(CN)c2ccccn2)cc1.